The van der Waals surface area contributed by atoms with E-state index in [1.807, 2.05) is 0 Å². The Kier molecular flexibility index (Phi) is 7.66. The van der Waals surface area contributed by atoms with Crippen LogP contribution in [0.2, 0.25) is 0 Å². The maximum absolute atomic E-state index is 12.7. The highest BCUT2D eigenvalue weighted by molar-refractivity contribution is 7.89. The number of hydrogen-bond acceptors (Lipinski definition) is 8. The molecule has 0 bridgehead atoms. The van der Waals surface area contributed by atoms with E-state index in [0.717, 1.165) is 18.0 Å². The number of anilines is 1. The van der Waals surface area contributed by atoms with Gasteiger partial charge in [-0.2, -0.15) is 0 Å². The normalized spacial score (nSPS) is 17.3. The molecule has 0 saturated carbocycles. The van der Waals surface area contributed by atoms with Crippen LogP contribution in [-0.4, -0.2) is 45.0 Å². The number of nitrogens with zero attached hydrogens (tertiary/aromatic N) is 1. The number of nitrogens with one attached hydrogen (secondary N) is 2. The van der Waals surface area contributed by atoms with Gasteiger partial charge in [-0.05, 0) is 38.0 Å². The predicted octanol–water partition coefficient (Wildman–Crippen LogP) is 0.241. The van der Waals surface area contributed by atoms with Crippen molar-refractivity contribution in [2.45, 2.75) is 37.1 Å². The molecule has 0 amide bonds. The van der Waals surface area contributed by atoms with Gasteiger partial charge in [0, 0.05) is 18.2 Å². The fraction of sp³-hybridized carbons (Fsp3) is 0.412. The third kappa shape index (κ3) is 5.59. The van der Waals surface area contributed by atoms with Gasteiger partial charge in [-0.25, -0.2) is 17.9 Å². The van der Waals surface area contributed by atoms with E-state index in [4.69, 9.17) is 15.4 Å². The summed E-state index contributed by atoms with van der Waals surface area (Å²) in [4.78, 5) is 11.4. The van der Waals surface area contributed by atoms with Crippen molar-refractivity contribution in [1.29, 1.82) is 5.41 Å². The topological polar surface area (TPSA) is 159 Å². The largest absolute Gasteiger partial charge is 0.733 e. The molecular weight excluding hydrogens is 388 g/mol. The lowest BCUT2D eigenvalue weighted by Gasteiger charge is -2.26. The van der Waals surface area contributed by atoms with Crippen molar-refractivity contribution in [2.75, 3.05) is 18.4 Å². The molecule has 0 radical (unpaired) electrons. The van der Waals surface area contributed by atoms with E-state index in [0.29, 0.717) is 24.8 Å². The van der Waals surface area contributed by atoms with Gasteiger partial charge in [0.25, 0.3) is 0 Å². The van der Waals surface area contributed by atoms with E-state index < -0.39 is 21.3 Å². The zero-order chi connectivity index (χ0) is 20.7. The highest BCUT2D eigenvalue weighted by Gasteiger charge is 2.29. The highest BCUT2D eigenvalue weighted by atomic mass is 32.2. The summed E-state index contributed by atoms with van der Waals surface area (Å²) in [6, 6.07) is 4.35. The summed E-state index contributed by atoms with van der Waals surface area (Å²) in [5.74, 6) is -0.384. The maximum atomic E-state index is 12.7. The number of benzene rings is 1. The second-order valence-corrected chi connectivity index (χ2v) is 7.89. The van der Waals surface area contributed by atoms with Crippen LogP contribution in [-0.2, 0) is 19.6 Å². The highest BCUT2D eigenvalue weighted by Crippen LogP contribution is 2.23. The van der Waals surface area contributed by atoms with Crippen LogP contribution in [0.3, 0.4) is 0 Å². The molecule has 11 heteroatoms. The van der Waals surface area contributed by atoms with Crippen LogP contribution < -0.4 is 15.3 Å². The molecule has 2 rings (SSSR count). The van der Waals surface area contributed by atoms with Crippen molar-refractivity contribution in [1.82, 2.24) is 4.72 Å². The Labute approximate surface area is 163 Å². The first kappa shape index (κ1) is 22.0. The molecule has 28 heavy (non-hydrogen) atoms. The number of ether oxygens (including phenoxy) is 1. The first-order valence-electron chi connectivity index (χ1n) is 8.79. The molecule has 0 aliphatic heterocycles. The molecule has 0 saturated heterocycles. The van der Waals surface area contributed by atoms with Gasteiger partial charge in [-0.3, -0.25) is 5.21 Å². The van der Waals surface area contributed by atoms with Gasteiger partial charge in [0.05, 0.1) is 23.2 Å². The minimum Gasteiger partial charge on any atom is -0.733 e. The summed E-state index contributed by atoms with van der Waals surface area (Å²) in [5, 5.41) is 28.9. The van der Waals surface area contributed by atoms with Crippen LogP contribution in [0.15, 0.2) is 40.4 Å². The van der Waals surface area contributed by atoms with Crippen LogP contribution in [0, 0.1) is 10.6 Å². The SMILES string of the molecule is CCOC(=O)C[NH2+]C1=C(C=N)C(NS(=O)(=O)c2cccc(N([O-])O)c2)CCC1. The molecule has 1 aromatic carbocycles. The van der Waals surface area contributed by atoms with Crippen molar-refractivity contribution in [3.05, 3.63) is 40.7 Å². The number of hydrogen-bond donors (Lipinski definition) is 4. The molecule has 0 heterocycles. The first-order valence-corrected chi connectivity index (χ1v) is 10.3. The molecular formula is C17H24N4O6S. The van der Waals surface area contributed by atoms with Gasteiger partial charge in [-0.15, -0.1) is 0 Å². The average Bonchev–Trinajstić information content (AvgIpc) is 2.66. The number of carbonyl (C=O) groups excluding carboxylic acids is 1. The Bertz CT molecular complexity index is 853. The summed E-state index contributed by atoms with van der Waals surface area (Å²) in [6.45, 7) is 2.04. The van der Waals surface area contributed by atoms with Crippen LogP contribution in [0.25, 0.3) is 0 Å². The Balaban J connectivity index is 2.21. The third-order valence-corrected chi connectivity index (χ3v) is 5.78. The lowest BCUT2D eigenvalue weighted by atomic mass is 9.92. The van der Waals surface area contributed by atoms with Gasteiger partial charge in [0.1, 0.15) is 5.70 Å². The number of allylic oxidation sites excluding steroid dienone is 1. The monoisotopic (exact) mass is 412 g/mol. The summed E-state index contributed by atoms with van der Waals surface area (Å²) in [7, 11) is -3.99. The Hall–Kier alpha value is -2.31. The molecule has 0 spiro atoms. The quantitative estimate of drug-likeness (QED) is 0.257. The molecule has 0 aromatic heterocycles. The summed E-state index contributed by atoms with van der Waals surface area (Å²) >= 11 is 0. The molecule has 5 N–H and O–H groups in total. The number of rotatable bonds is 9. The molecule has 1 aromatic rings. The Morgan fingerprint density at radius 2 is 2.29 bits per heavy atom. The molecule has 1 atom stereocenters. The lowest BCUT2D eigenvalue weighted by molar-refractivity contribution is -0.600. The van der Waals surface area contributed by atoms with Gasteiger partial charge in [0.2, 0.25) is 10.0 Å². The standard InChI is InChI=1S/C17H23N4O6S/c1-2-27-17(22)11-19-15-7-4-8-16(14(15)10-18)20-28(25,26)13-6-3-5-12(9-13)21(23)24/h3,5-6,9-10,16,18-20,23H,2,4,7-8,11H2,1H3/q-1/p+1. The number of nitrogens with two attached hydrogens (primary N) is 1. The number of esters is 1. The zero-order valence-corrected chi connectivity index (χ0v) is 16.2. The van der Waals surface area contributed by atoms with E-state index in [-0.39, 0.29) is 29.7 Å². The summed E-state index contributed by atoms with van der Waals surface area (Å²) in [5.41, 5.74) is 1.01. The molecule has 10 nitrogen and oxygen atoms in total. The lowest BCUT2D eigenvalue weighted by Crippen LogP contribution is -2.85. The number of sulfonamides is 1. The second-order valence-electron chi connectivity index (χ2n) is 6.17. The van der Waals surface area contributed by atoms with Crippen molar-refractivity contribution >= 4 is 27.9 Å². The molecule has 1 aliphatic rings. The molecule has 1 aliphatic carbocycles. The number of quaternary nitrogens is 1. The fourth-order valence-electron chi connectivity index (χ4n) is 3.01. The second kappa shape index (κ2) is 9.75. The number of carbonyl (C=O) groups is 1. The molecule has 1 unspecified atom stereocenters. The average molecular weight is 412 g/mol. The van der Waals surface area contributed by atoms with Gasteiger partial charge < -0.3 is 25.9 Å². The van der Waals surface area contributed by atoms with Crippen LogP contribution >= 0.6 is 0 Å². The maximum Gasteiger partial charge on any atom is 0.362 e. The van der Waals surface area contributed by atoms with Crippen LogP contribution in [0.1, 0.15) is 26.2 Å². The van der Waals surface area contributed by atoms with E-state index in [9.17, 15) is 18.4 Å². The van der Waals surface area contributed by atoms with Gasteiger partial charge >= 0.3 is 5.97 Å². The van der Waals surface area contributed by atoms with E-state index >= 15 is 0 Å². The Morgan fingerprint density at radius 1 is 1.54 bits per heavy atom. The third-order valence-electron chi connectivity index (χ3n) is 4.31. The fourth-order valence-corrected chi connectivity index (χ4v) is 4.30. The van der Waals surface area contributed by atoms with Crippen LogP contribution in [0.4, 0.5) is 5.69 Å². The van der Waals surface area contributed by atoms with Crippen molar-refractivity contribution < 1.29 is 28.5 Å². The minimum atomic E-state index is -3.99. The van der Waals surface area contributed by atoms with E-state index in [1.165, 1.54) is 18.2 Å². The van der Waals surface area contributed by atoms with E-state index in [2.05, 4.69) is 4.72 Å². The predicted molar refractivity (Wildman–Crippen MR) is 101 cm³/mol. The van der Waals surface area contributed by atoms with Crippen molar-refractivity contribution in [3.8, 4) is 0 Å². The van der Waals surface area contributed by atoms with Gasteiger partial charge in [-0.1, -0.05) is 6.07 Å². The molecule has 0 fully saturated rings. The van der Waals surface area contributed by atoms with Crippen molar-refractivity contribution in [3.63, 3.8) is 0 Å². The van der Waals surface area contributed by atoms with Crippen molar-refractivity contribution in [2.24, 2.45) is 0 Å². The summed E-state index contributed by atoms with van der Waals surface area (Å²) < 4.78 is 32.8. The smallest absolute Gasteiger partial charge is 0.362 e. The van der Waals surface area contributed by atoms with Gasteiger partial charge in [0.15, 0.2) is 6.54 Å². The summed E-state index contributed by atoms with van der Waals surface area (Å²) in [6.07, 6.45) is 2.90. The minimum absolute atomic E-state index is 0.0534. The molecule has 154 valence electrons. The zero-order valence-electron chi connectivity index (χ0n) is 15.4. The Morgan fingerprint density at radius 3 is 2.93 bits per heavy atom. The van der Waals surface area contributed by atoms with E-state index in [1.54, 1.807) is 12.2 Å². The van der Waals surface area contributed by atoms with Crippen LogP contribution in [0.5, 0.6) is 0 Å². The first-order chi connectivity index (χ1) is 13.3.